The zero-order valence-corrected chi connectivity index (χ0v) is 9.78. The van der Waals surface area contributed by atoms with Crippen molar-refractivity contribution >= 4 is 17.3 Å². The van der Waals surface area contributed by atoms with Crippen molar-refractivity contribution in [2.24, 2.45) is 0 Å². The van der Waals surface area contributed by atoms with Gasteiger partial charge in [0.25, 0.3) is 0 Å². The normalized spacial score (nSPS) is 8.94. The van der Waals surface area contributed by atoms with Crippen molar-refractivity contribution in [2.45, 2.75) is 27.2 Å². The summed E-state index contributed by atoms with van der Waals surface area (Å²) in [6.45, 7) is 4.62. The lowest BCUT2D eigenvalue weighted by atomic mass is 10.2. The van der Waals surface area contributed by atoms with Crippen LogP contribution >= 0.6 is 0 Å². The highest BCUT2D eigenvalue weighted by Crippen LogP contribution is 2.22. The third-order valence-corrected chi connectivity index (χ3v) is 1.77. The number of ketones is 2. The van der Waals surface area contributed by atoms with Gasteiger partial charge >= 0.3 is 0 Å². The Morgan fingerprint density at radius 1 is 1.25 bits per heavy atom. The maximum Gasteiger partial charge on any atom is 0.141 e. The first-order valence-electron chi connectivity index (χ1n) is 4.87. The fourth-order valence-corrected chi connectivity index (χ4v) is 1.03. The Labute approximate surface area is 95.1 Å². The van der Waals surface area contributed by atoms with E-state index in [2.05, 4.69) is 0 Å². The second-order valence-corrected chi connectivity index (χ2v) is 3.59. The molecule has 0 atom stereocenters. The summed E-state index contributed by atoms with van der Waals surface area (Å²) in [4.78, 5) is 20.1. The summed E-state index contributed by atoms with van der Waals surface area (Å²) in [7, 11) is 0. The number of carbonyl (C=O) groups is 2. The molecule has 88 valence electrons. The zero-order chi connectivity index (χ0) is 12.7. The molecule has 1 aromatic carbocycles. The van der Waals surface area contributed by atoms with E-state index in [-0.39, 0.29) is 23.7 Å². The van der Waals surface area contributed by atoms with Crippen molar-refractivity contribution in [2.75, 3.05) is 5.73 Å². The van der Waals surface area contributed by atoms with E-state index in [1.165, 1.54) is 13.8 Å². The maximum absolute atomic E-state index is 10.0. The smallest absolute Gasteiger partial charge is 0.141 e. The van der Waals surface area contributed by atoms with Gasteiger partial charge in [0, 0.05) is 0 Å². The maximum atomic E-state index is 10.0. The molecule has 4 nitrogen and oxygen atoms in total. The zero-order valence-electron chi connectivity index (χ0n) is 9.78. The largest absolute Gasteiger partial charge is 0.506 e. The Kier molecular flexibility index (Phi) is 5.85. The third-order valence-electron chi connectivity index (χ3n) is 1.77. The van der Waals surface area contributed by atoms with Crippen LogP contribution in [0.15, 0.2) is 18.2 Å². The van der Waals surface area contributed by atoms with E-state index < -0.39 is 0 Å². The van der Waals surface area contributed by atoms with E-state index in [4.69, 9.17) is 10.8 Å². The van der Waals surface area contributed by atoms with Crippen molar-refractivity contribution < 1.29 is 14.7 Å². The number of phenols is 1. The predicted molar refractivity (Wildman–Crippen MR) is 63.2 cm³/mol. The molecule has 0 aromatic heterocycles. The fraction of sp³-hybridized carbons (Fsp3) is 0.333. The fourth-order valence-electron chi connectivity index (χ4n) is 1.03. The van der Waals surface area contributed by atoms with E-state index in [9.17, 15) is 9.59 Å². The Bertz CT molecular complexity index is 354. The second-order valence-electron chi connectivity index (χ2n) is 3.59. The van der Waals surface area contributed by atoms with E-state index in [0.29, 0.717) is 5.69 Å². The standard InChI is InChI=1S/C7H9NO.C5H8O2/c1-5-3-2-4-6(8)7(5)9;1-4(6)3-5(2)7/h2-4,9H,8H2,1H3;3H2,1-2H3. The highest BCUT2D eigenvalue weighted by molar-refractivity contribution is 5.96. The highest BCUT2D eigenvalue weighted by atomic mass is 16.3. The van der Waals surface area contributed by atoms with Crippen molar-refractivity contribution in [1.82, 2.24) is 0 Å². The van der Waals surface area contributed by atoms with Gasteiger partial charge in [0.15, 0.2) is 0 Å². The van der Waals surface area contributed by atoms with Gasteiger partial charge in [-0.15, -0.1) is 0 Å². The van der Waals surface area contributed by atoms with Crippen LogP contribution < -0.4 is 5.73 Å². The third kappa shape index (κ3) is 5.80. The molecule has 0 saturated heterocycles. The molecule has 16 heavy (non-hydrogen) atoms. The van der Waals surface area contributed by atoms with Crippen LogP contribution in [0.3, 0.4) is 0 Å². The molecule has 0 unspecified atom stereocenters. The average molecular weight is 223 g/mol. The lowest BCUT2D eigenvalue weighted by Crippen LogP contribution is -1.97. The monoisotopic (exact) mass is 223 g/mol. The van der Waals surface area contributed by atoms with Gasteiger partial charge in [-0.3, -0.25) is 9.59 Å². The van der Waals surface area contributed by atoms with Crippen LogP contribution in [0.4, 0.5) is 5.69 Å². The first-order chi connectivity index (χ1) is 7.34. The SMILES string of the molecule is CC(=O)CC(C)=O.Cc1cccc(N)c1O. The van der Waals surface area contributed by atoms with Gasteiger partial charge in [-0.2, -0.15) is 0 Å². The number of phenolic OH excluding ortho intramolecular Hbond substituents is 1. The Morgan fingerprint density at radius 3 is 2.00 bits per heavy atom. The number of hydrogen-bond acceptors (Lipinski definition) is 4. The summed E-state index contributed by atoms with van der Waals surface area (Å²) in [5, 5.41) is 9.08. The molecule has 1 rings (SSSR count). The number of aryl methyl sites for hydroxylation is 1. The van der Waals surface area contributed by atoms with E-state index in [0.717, 1.165) is 5.56 Å². The Balaban J connectivity index is 0.000000293. The molecule has 0 radical (unpaired) electrons. The van der Waals surface area contributed by atoms with Crippen LogP contribution in [0.25, 0.3) is 0 Å². The number of carbonyl (C=O) groups excluding carboxylic acids is 2. The van der Waals surface area contributed by atoms with Gasteiger partial charge in [-0.1, -0.05) is 12.1 Å². The minimum atomic E-state index is -0.0625. The first kappa shape index (κ1) is 14.2. The number of benzene rings is 1. The van der Waals surface area contributed by atoms with Crippen LogP contribution in [-0.4, -0.2) is 16.7 Å². The molecular weight excluding hydrogens is 206 g/mol. The van der Waals surface area contributed by atoms with Crippen LogP contribution in [0, 0.1) is 6.92 Å². The number of para-hydroxylation sites is 1. The average Bonchev–Trinajstić information content (AvgIpc) is 2.12. The number of rotatable bonds is 2. The molecule has 0 aliphatic heterocycles. The van der Waals surface area contributed by atoms with E-state index >= 15 is 0 Å². The van der Waals surface area contributed by atoms with Gasteiger partial charge < -0.3 is 10.8 Å². The Morgan fingerprint density at radius 2 is 1.75 bits per heavy atom. The second kappa shape index (κ2) is 6.61. The number of Topliss-reactive ketones (excluding diaryl/α,β-unsaturated/α-hetero) is 2. The van der Waals surface area contributed by atoms with Gasteiger partial charge in [0.05, 0.1) is 12.1 Å². The van der Waals surface area contributed by atoms with Gasteiger partial charge in [0.2, 0.25) is 0 Å². The topological polar surface area (TPSA) is 80.4 Å². The minimum Gasteiger partial charge on any atom is -0.506 e. The highest BCUT2D eigenvalue weighted by Gasteiger charge is 1.96. The molecule has 0 fully saturated rings. The van der Waals surface area contributed by atoms with Gasteiger partial charge in [-0.25, -0.2) is 0 Å². The van der Waals surface area contributed by atoms with Crippen LogP contribution in [0.2, 0.25) is 0 Å². The van der Waals surface area contributed by atoms with E-state index in [1.54, 1.807) is 6.07 Å². The summed E-state index contributed by atoms with van der Waals surface area (Å²) < 4.78 is 0. The van der Waals surface area contributed by atoms with Crippen LogP contribution in [0.5, 0.6) is 5.75 Å². The molecular formula is C12H17NO3. The summed E-state index contributed by atoms with van der Waals surface area (Å²) in [6, 6.07) is 5.29. The number of anilines is 1. The number of aromatic hydroxyl groups is 1. The molecule has 0 heterocycles. The Hall–Kier alpha value is -1.84. The van der Waals surface area contributed by atoms with Gasteiger partial charge in [0.1, 0.15) is 17.3 Å². The van der Waals surface area contributed by atoms with Crippen LogP contribution in [0.1, 0.15) is 25.8 Å². The first-order valence-corrected chi connectivity index (χ1v) is 4.87. The summed E-state index contributed by atoms with van der Waals surface area (Å²) >= 11 is 0. The number of hydrogen-bond donors (Lipinski definition) is 2. The molecule has 1 aromatic rings. The quantitative estimate of drug-likeness (QED) is 0.455. The molecule has 3 N–H and O–H groups in total. The van der Waals surface area contributed by atoms with Crippen LogP contribution in [-0.2, 0) is 9.59 Å². The molecule has 0 saturated carbocycles. The molecule has 4 heteroatoms. The molecule has 0 spiro atoms. The lowest BCUT2D eigenvalue weighted by Gasteiger charge is -1.99. The number of nitrogen functional groups attached to an aromatic ring is 1. The lowest BCUT2D eigenvalue weighted by molar-refractivity contribution is -0.124. The molecule has 0 bridgehead atoms. The van der Waals surface area contributed by atoms with Crippen molar-refractivity contribution in [3.05, 3.63) is 23.8 Å². The molecule has 0 amide bonds. The van der Waals surface area contributed by atoms with E-state index in [1.807, 2.05) is 19.1 Å². The number of nitrogens with two attached hydrogens (primary N) is 1. The van der Waals surface area contributed by atoms with Crippen molar-refractivity contribution in [3.8, 4) is 5.75 Å². The summed E-state index contributed by atoms with van der Waals surface area (Å²) in [5.74, 6) is 0.0671. The predicted octanol–water partition coefficient (Wildman–Crippen LogP) is 1.84. The molecule has 0 aliphatic rings. The van der Waals surface area contributed by atoms with Crippen molar-refractivity contribution in [1.29, 1.82) is 0 Å². The molecule has 0 aliphatic carbocycles. The van der Waals surface area contributed by atoms with Gasteiger partial charge in [-0.05, 0) is 32.4 Å². The van der Waals surface area contributed by atoms with Crippen molar-refractivity contribution in [3.63, 3.8) is 0 Å². The summed E-state index contributed by atoms with van der Waals surface area (Å²) in [6.07, 6.45) is 0.0833. The minimum absolute atomic E-state index is 0.0625. The summed E-state index contributed by atoms with van der Waals surface area (Å²) in [5.41, 5.74) is 6.63.